The van der Waals surface area contributed by atoms with Gasteiger partial charge in [0, 0.05) is 76.3 Å². The molecule has 13 heteroatoms. The Morgan fingerprint density at radius 3 is 1.18 bits per heavy atom. The summed E-state index contributed by atoms with van der Waals surface area (Å²) in [5.41, 5.74) is 0.909. The monoisotopic (exact) mass is 756 g/mol. The van der Waals surface area contributed by atoms with Crippen LogP contribution in [-0.4, -0.2) is 64.7 Å². The zero-order chi connectivity index (χ0) is 35.1. The summed E-state index contributed by atoms with van der Waals surface area (Å²) in [5.74, 6) is -2.04. The Bertz CT molecular complexity index is 2150. The molecule has 4 amide bonds. The Balaban J connectivity index is 1.44. The predicted molar refractivity (Wildman–Crippen MR) is 197 cm³/mol. The number of carbonyl (C=O) groups is 4. The molecule has 0 aromatic heterocycles. The van der Waals surface area contributed by atoms with Crippen LogP contribution in [0.5, 0.6) is 0 Å². The Morgan fingerprint density at radius 2 is 0.837 bits per heavy atom. The minimum absolute atomic E-state index is 0.0235. The van der Waals surface area contributed by atoms with Crippen molar-refractivity contribution in [1.82, 2.24) is 9.80 Å². The molecule has 2 heterocycles. The average molecular weight is 759 g/mol. The van der Waals surface area contributed by atoms with Crippen molar-refractivity contribution in [2.75, 3.05) is 13.1 Å². The maximum Gasteiger partial charge on any atom is 0.329 e. The van der Waals surface area contributed by atoms with Crippen molar-refractivity contribution >= 4 is 122 Å². The topological polar surface area (TPSA) is 115 Å². The summed E-state index contributed by atoms with van der Waals surface area (Å²) in [6.45, 7) is 3.76. The van der Waals surface area contributed by atoms with Gasteiger partial charge in [-0.1, -0.05) is 85.4 Å². The van der Waals surface area contributed by atoms with Crippen LogP contribution in [0.1, 0.15) is 93.3 Å². The van der Waals surface area contributed by atoms with E-state index in [-0.39, 0.29) is 67.9 Å². The van der Waals surface area contributed by atoms with Crippen molar-refractivity contribution < 1.29 is 28.8 Å². The zero-order valence-electron chi connectivity index (χ0n) is 26.8. The highest BCUT2D eigenvalue weighted by Gasteiger charge is 2.39. The molecule has 0 saturated carbocycles. The molecule has 0 aliphatic carbocycles. The van der Waals surface area contributed by atoms with E-state index in [0.717, 1.165) is 37.0 Å². The fourth-order valence-electron chi connectivity index (χ4n) is 7.59. The van der Waals surface area contributed by atoms with Crippen LogP contribution < -0.4 is 0 Å². The van der Waals surface area contributed by atoms with Crippen molar-refractivity contribution in [3.63, 3.8) is 0 Å². The Morgan fingerprint density at radius 1 is 0.510 bits per heavy atom. The van der Waals surface area contributed by atoms with E-state index in [1.165, 1.54) is 23.6 Å². The average Bonchev–Trinajstić information content (AvgIpc) is 3.04. The minimum Gasteiger partial charge on any atom is -0.411 e. The van der Waals surface area contributed by atoms with Crippen LogP contribution >= 0.6 is 46.4 Å². The van der Waals surface area contributed by atoms with Crippen molar-refractivity contribution in [3.8, 4) is 0 Å². The third kappa shape index (κ3) is 5.40. The van der Waals surface area contributed by atoms with Crippen LogP contribution in [0.15, 0.2) is 24.3 Å². The van der Waals surface area contributed by atoms with Gasteiger partial charge in [-0.05, 0) is 49.7 Å². The largest absolute Gasteiger partial charge is 0.411 e. The third-order valence-electron chi connectivity index (χ3n) is 9.79. The van der Waals surface area contributed by atoms with Gasteiger partial charge in [0.15, 0.2) is 0 Å². The molecule has 0 radical (unpaired) electrons. The molecule has 7 rings (SSSR count). The van der Waals surface area contributed by atoms with Gasteiger partial charge in [0.05, 0.1) is 22.3 Å². The molecule has 2 aliphatic heterocycles. The second kappa shape index (κ2) is 12.6. The number of halogens is 4. The predicted octanol–water partition coefficient (Wildman–Crippen LogP) is 9.35. The van der Waals surface area contributed by atoms with Gasteiger partial charge in [0.25, 0.3) is 23.6 Å². The summed E-state index contributed by atoms with van der Waals surface area (Å²) >= 11 is 28.1. The van der Waals surface area contributed by atoms with E-state index >= 15 is 0 Å². The smallest absolute Gasteiger partial charge is 0.329 e. The van der Waals surface area contributed by atoms with Gasteiger partial charge in [0.1, 0.15) is 0 Å². The molecule has 8 nitrogen and oxygen atoms in total. The number of unbranched alkanes of at least 4 members (excludes halogenated alkanes) is 5. The number of nitrogens with zero attached hydrogens (tertiary/aromatic N) is 2. The van der Waals surface area contributed by atoms with Crippen LogP contribution in [0.3, 0.4) is 0 Å². The Kier molecular flexibility index (Phi) is 8.88. The lowest BCUT2D eigenvalue weighted by atomic mass is 9.82. The summed E-state index contributed by atoms with van der Waals surface area (Å²) < 4.78 is 0. The molecule has 0 saturated heterocycles. The van der Waals surface area contributed by atoms with Gasteiger partial charge >= 0.3 is 8.56 Å². The highest BCUT2D eigenvalue weighted by atomic mass is 35.5. The van der Waals surface area contributed by atoms with Gasteiger partial charge in [-0.3, -0.25) is 29.0 Å². The third-order valence-corrected chi connectivity index (χ3v) is 12.3. The molecule has 49 heavy (non-hydrogen) atoms. The second-order valence-corrected chi connectivity index (χ2v) is 17.8. The lowest BCUT2D eigenvalue weighted by Gasteiger charge is -2.31. The summed E-state index contributed by atoms with van der Waals surface area (Å²) in [4.78, 5) is 77.7. The lowest BCUT2D eigenvalue weighted by molar-refractivity contribution is 0.0593. The highest BCUT2D eigenvalue weighted by Crippen LogP contribution is 2.53. The molecule has 0 fully saturated rings. The number of carbonyl (C=O) groups excluding carboxylic acids is 4. The van der Waals surface area contributed by atoms with Crippen molar-refractivity contribution in [1.29, 1.82) is 0 Å². The SMILES string of the molecule is CCCCCCCCN1C(=O)c2cc(Cl)c3c4c(Cl)cc5c6c(cc(Cl)c(c7c(Cl)cc(c2c37)C1=O)c64)C(=O)N(CCC[Si](C)(O)O)C5=O. The minimum atomic E-state index is -3.40. The van der Waals surface area contributed by atoms with Crippen LogP contribution in [0.2, 0.25) is 32.7 Å². The van der Waals surface area contributed by atoms with Crippen LogP contribution in [0.25, 0.3) is 43.1 Å². The maximum atomic E-state index is 13.9. The quantitative estimate of drug-likeness (QED) is 0.0456. The number of imide groups is 2. The molecule has 254 valence electrons. The van der Waals surface area contributed by atoms with Gasteiger partial charge < -0.3 is 9.59 Å². The first-order chi connectivity index (χ1) is 23.3. The number of amides is 4. The summed E-state index contributed by atoms with van der Waals surface area (Å²) in [7, 11) is -3.40. The lowest BCUT2D eigenvalue weighted by Crippen LogP contribution is -2.42. The van der Waals surface area contributed by atoms with E-state index in [0.29, 0.717) is 49.5 Å². The first-order valence-corrected chi connectivity index (χ1v) is 20.5. The number of rotatable bonds is 11. The van der Waals surface area contributed by atoms with Crippen LogP contribution in [0, 0.1) is 0 Å². The van der Waals surface area contributed by atoms with E-state index in [2.05, 4.69) is 6.92 Å². The Labute approximate surface area is 303 Å². The normalized spacial score (nSPS) is 15.0. The molecule has 0 spiro atoms. The van der Waals surface area contributed by atoms with E-state index in [9.17, 15) is 28.8 Å². The maximum absolute atomic E-state index is 13.9. The zero-order valence-corrected chi connectivity index (χ0v) is 30.8. The Hall–Kier alpha value is -3.02. The molecule has 2 N–H and O–H groups in total. The number of hydrogen-bond donors (Lipinski definition) is 2. The number of hydrogen-bond acceptors (Lipinski definition) is 6. The summed E-state index contributed by atoms with van der Waals surface area (Å²) in [6, 6.07) is 6.18. The van der Waals surface area contributed by atoms with Gasteiger partial charge in [-0.15, -0.1) is 0 Å². The van der Waals surface area contributed by atoms with Crippen LogP contribution in [-0.2, 0) is 0 Å². The van der Waals surface area contributed by atoms with Crippen molar-refractivity contribution in [2.45, 2.75) is 64.5 Å². The molecule has 5 aromatic rings. The number of fused-ring (bicyclic) bond motifs is 2. The van der Waals surface area contributed by atoms with E-state index in [1.54, 1.807) is 12.1 Å². The van der Waals surface area contributed by atoms with Gasteiger partial charge in [0.2, 0.25) is 0 Å². The first kappa shape index (κ1) is 34.4. The molecule has 0 bridgehead atoms. The van der Waals surface area contributed by atoms with E-state index in [4.69, 9.17) is 46.4 Å². The van der Waals surface area contributed by atoms with Crippen LogP contribution in [0.4, 0.5) is 0 Å². The highest BCUT2D eigenvalue weighted by molar-refractivity contribution is 6.63. The molecule has 0 atom stereocenters. The fraction of sp³-hybridized carbons (Fsp3) is 0.333. The summed E-state index contributed by atoms with van der Waals surface area (Å²) in [6.07, 6.45) is 6.20. The van der Waals surface area contributed by atoms with Crippen molar-refractivity contribution in [3.05, 3.63) is 66.6 Å². The fourth-order valence-corrected chi connectivity index (χ4v) is 9.61. The molecule has 2 aliphatic rings. The molecule has 5 aromatic carbocycles. The van der Waals surface area contributed by atoms with Gasteiger partial charge in [-0.25, -0.2) is 0 Å². The van der Waals surface area contributed by atoms with E-state index < -0.39 is 32.2 Å². The standard InChI is InChI=1S/C36H32Cl4N2O6Si/c1-3-4-5-6-7-8-10-41-33(43)17-13-21(37)27-29-23(39)15-19-26-20(36(46)42(35(19)45)11-9-12-49(2,47)48)16-24(40)30(32(26)29)28-22(38)14-18(34(41)44)25(17)31(27)28/h13-16,47-48H,3-12H2,1-2H3. The molecular weight excluding hydrogens is 726 g/mol. The number of benzene rings is 5. The van der Waals surface area contributed by atoms with Crippen molar-refractivity contribution in [2.24, 2.45) is 0 Å². The van der Waals surface area contributed by atoms with Gasteiger partial charge in [-0.2, -0.15) is 0 Å². The molecular formula is C36H32Cl4N2O6Si. The first-order valence-electron chi connectivity index (χ1n) is 16.4. The molecule has 0 unspecified atom stereocenters. The summed E-state index contributed by atoms with van der Waals surface area (Å²) in [5, 5.41) is 4.04. The van der Waals surface area contributed by atoms with E-state index in [1.807, 2.05) is 0 Å². The second-order valence-electron chi connectivity index (χ2n) is 13.2.